The monoisotopic (exact) mass is 270 g/mol. The van der Waals surface area contributed by atoms with Crippen LogP contribution in [0.15, 0.2) is 0 Å². The van der Waals surface area contributed by atoms with Crippen LogP contribution < -0.4 is 5.32 Å². The van der Waals surface area contributed by atoms with Crippen LogP contribution in [0.3, 0.4) is 0 Å². The molecule has 0 rings (SSSR count). The second-order valence-electron chi connectivity index (χ2n) is 3.98. The molecule has 0 spiro atoms. The van der Waals surface area contributed by atoms with Crippen LogP contribution in [0.4, 0.5) is 0 Å². The Kier molecular flexibility index (Phi) is 7.93. The number of carbonyl (C=O) groups excluding carboxylic acids is 3. The summed E-state index contributed by atoms with van der Waals surface area (Å²) in [6.45, 7) is 1.66. The van der Waals surface area contributed by atoms with Gasteiger partial charge in [0.1, 0.15) is 6.04 Å². The quantitative estimate of drug-likeness (QED) is 0.660. The molecule has 0 aliphatic carbocycles. The van der Waals surface area contributed by atoms with Crippen molar-refractivity contribution in [3.05, 3.63) is 0 Å². The van der Waals surface area contributed by atoms with Crippen molar-refractivity contribution < 1.29 is 23.9 Å². The van der Waals surface area contributed by atoms with Gasteiger partial charge in [0.25, 0.3) is 0 Å². The summed E-state index contributed by atoms with van der Waals surface area (Å²) in [5.74, 6) is -1.96. The second-order valence-corrected chi connectivity index (χ2v) is 3.98. The molecule has 7 nitrogen and oxygen atoms in total. The van der Waals surface area contributed by atoms with E-state index in [0.717, 1.165) is 0 Å². The van der Waals surface area contributed by atoms with E-state index >= 15 is 0 Å². The molecule has 2 atom stereocenters. The molecule has 7 heteroatoms. The Balaban J connectivity index is 4.48. The van der Waals surface area contributed by atoms with Gasteiger partial charge in [-0.1, -0.05) is 6.92 Å². The van der Waals surface area contributed by atoms with E-state index in [4.69, 9.17) is 5.26 Å². The first-order valence-electron chi connectivity index (χ1n) is 5.77. The lowest BCUT2D eigenvalue weighted by atomic mass is 9.99. The van der Waals surface area contributed by atoms with Gasteiger partial charge in [0.2, 0.25) is 5.91 Å². The number of hydrogen-bond donors (Lipinski definition) is 1. The predicted molar refractivity (Wildman–Crippen MR) is 64.6 cm³/mol. The Labute approximate surface area is 111 Å². The number of amides is 1. The minimum Gasteiger partial charge on any atom is -0.469 e. The van der Waals surface area contributed by atoms with Crippen LogP contribution >= 0.6 is 0 Å². The van der Waals surface area contributed by atoms with Crippen molar-refractivity contribution in [2.75, 3.05) is 14.2 Å². The van der Waals surface area contributed by atoms with Gasteiger partial charge < -0.3 is 14.8 Å². The molecule has 0 fully saturated rings. The Hall–Kier alpha value is -2.10. The number of ether oxygens (including phenoxy) is 2. The van der Waals surface area contributed by atoms with Crippen LogP contribution in [0.25, 0.3) is 0 Å². The summed E-state index contributed by atoms with van der Waals surface area (Å²) in [4.78, 5) is 34.0. The molecule has 1 amide bonds. The highest BCUT2D eigenvalue weighted by atomic mass is 16.5. The highest BCUT2D eigenvalue weighted by molar-refractivity contribution is 5.86. The molecule has 0 aliphatic rings. The number of carbonyl (C=O) groups is 3. The van der Waals surface area contributed by atoms with Gasteiger partial charge in [-0.05, 0) is 0 Å². The van der Waals surface area contributed by atoms with Crippen molar-refractivity contribution in [3.63, 3.8) is 0 Å². The molecule has 0 aromatic rings. The maximum atomic E-state index is 11.6. The fourth-order valence-electron chi connectivity index (χ4n) is 1.39. The molecule has 106 valence electrons. The fraction of sp³-hybridized carbons (Fsp3) is 0.667. The normalized spacial score (nSPS) is 12.7. The molecule has 0 heterocycles. The molecule has 19 heavy (non-hydrogen) atoms. The summed E-state index contributed by atoms with van der Waals surface area (Å²) in [7, 11) is 2.43. The van der Waals surface area contributed by atoms with Crippen molar-refractivity contribution in [2.24, 2.45) is 5.92 Å². The van der Waals surface area contributed by atoms with E-state index in [9.17, 15) is 14.4 Å². The number of esters is 2. The van der Waals surface area contributed by atoms with Crippen LogP contribution in [0.2, 0.25) is 0 Å². The molecular formula is C12H18N2O5. The predicted octanol–water partition coefficient (Wildman–Crippen LogP) is 0.147. The van der Waals surface area contributed by atoms with E-state index in [-0.39, 0.29) is 25.2 Å². The maximum Gasteiger partial charge on any atom is 0.328 e. The molecule has 0 saturated heterocycles. The number of rotatable bonds is 7. The topological polar surface area (TPSA) is 105 Å². The van der Waals surface area contributed by atoms with Gasteiger partial charge in [0.05, 0.1) is 26.7 Å². The van der Waals surface area contributed by atoms with Crippen LogP contribution in [0, 0.1) is 17.2 Å². The summed E-state index contributed by atoms with van der Waals surface area (Å²) in [5.41, 5.74) is 0. The number of nitriles is 1. The zero-order chi connectivity index (χ0) is 14.8. The van der Waals surface area contributed by atoms with E-state index in [0.29, 0.717) is 0 Å². The van der Waals surface area contributed by atoms with Crippen molar-refractivity contribution in [3.8, 4) is 6.07 Å². The van der Waals surface area contributed by atoms with E-state index < -0.39 is 23.9 Å². The van der Waals surface area contributed by atoms with Gasteiger partial charge in [-0.2, -0.15) is 5.26 Å². The van der Waals surface area contributed by atoms with E-state index in [1.807, 2.05) is 6.07 Å². The van der Waals surface area contributed by atoms with Gasteiger partial charge in [-0.25, -0.2) is 4.79 Å². The maximum absolute atomic E-state index is 11.6. The Morgan fingerprint density at radius 2 is 1.84 bits per heavy atom. The SMILES string of the molecule is COC(=O)CCC(=O)N[C@H](C(=O)OC)[C@@H](C)CC#N. The highest BCUT2D eigenvalue weighted by Gasteiger charge is 2.27. The Morgan fingerprint density at radius 1 is 1.21 bits per heavy atom. The average Bonchev–Trinajstić information content (AvgIpc) is 2.41. The third kappa shape index (κ3) is 6.41. The molecule has 0 aromatic heterocycles. The standard InChI is InChI=1S/C12H18N2O5/c1-8(6-7-13)11(12(17)19-3)14-9(15)4-5-10(16)18-2/h8,11H,4-6H2,1-3H3,(H,14,15)/t8-,11-/m0/s1. The lowest BCUT2D eigenvalue weighted by Crippen LogP contribution is -2.45. The van der Waals surface area contributed by atoms with Gasteiger partial charge in [-0.3, -0.25) is 9.59 Å². The van der Waals surface area contributed by atoms with Crippen LogP contribution in [-0.2, 0) is 23.9 Å². The molecule has 0 bridgehead atoms. The summed E-state index contributed by atoms with van der Waals surface area (Å²) >= 11 is 0. The second kappa shape index (κ2) is 8.91. The first-order chi connectivity index (χ1) is 8.96. The van der Waals surface area contributed by atoms with E-state index in [1.54, 1.807) is 6.92 Å². The Bertz CT molecular complexity index is 375. The fourth-order valence-corrected chi connectivity index (χ4v) is 1.39. The van der Waals surface area contributed by atoms with Gasteiger partial charge in [0, 0.05) is 18.8 Å². The van der Waals surface area contributed by atoms with Gasteiger partial charge in [-0.15, -0.1) is 0 Å². The highest BCUT2D eigenvalue weighted by Crippen LogP contribution is 2.09. The third-order valence-corrected chi connectivity index (χ3v) is 2.54. The number of nitrogens with zero attached hydrogens (tertiary/aromatic N) is 1. The molecule has 0 radical (unpaired) electrons. The average molecular weight is 270 g/mol. The van der Waals surface area contributed by atoms with E-state index in [2.05, 4.69) is 14.8 Å². The van der Waals surface area contributed by atoms with Crippen molar-refractivity contribution in [2.45, 2.75) is 32.2 Å². The molecule has 0 aromatic carbocycles. The third-order valence-electron chi connectivity index (χ3n) is 2.54. The first-order valence-corrected chi connectivity index (χ1v) is 5.77. The molecule has 1 N–H and O–H groups in total. The lowest BCUT2D eigenvalue weighted by molar-refractivity contribution is -0.146. The Morgan fingerprint density at radius 3 is 2.32 bits per heavy atom. The summed E-state index contributed by atoms with van der Waals surface area (Å²) in [6.07, 6.45) is -0.0423. The van der Waals surface area contributed by atoms with Gasteiger partial charge >= 0.3 is 11.9 Å². The van der Waals surface area contributed by atoms with Crippen molar-refractivity contribution in [1.29, 1.82) is 5.26 Å². The van der Waals surface area contributed by atoms with Crippen LogP contribution in [0.1, 0.15) is 26.2 Å². The molecule has 0 saturated carbocycles. The summed E-state index contributed by atoms with van der Waals surface area (Å²) in [5, 5.41) is 11.1. The number of hydrogen-bond acceptors (Lipinski definition) is 6. The summed E-state index contributed by atoms with van der Waals surface area (Å²) < 4.78 is 8.98. The van der Waals surface area contributed by atoms with Gasteiger partial charge in [0.15, 0.2) is 0 Å². The largest absolute Gasteiger partial charge is 0.469 e. The number of methoxy groups -OCH3 is 2. The molecule has 0 aliphatic heterocycles. The molecule has 0 unspecified atom stereocenters. The minimum atomic E-state index is -0.894. The lowest BCUT2D eigenvalue weighted by Gasteiger charge is -2.20. The molecular weight excluding hydrogens is 252 g/mol. The smallest absolute Gasteiger partial charge is 0.328 e. The zero-order valence-corrected chi connectivity index (χ0v) is 11.3. The first kappa shape index (κ1) is 16.9. The summed E-state index contributed by atoms with van der Waals surface area (Å²) in [6, 6.07) is 1.03. The minimum absolute atomic E-state index is 0.0666. The zero-order valence-electron chi connectivity index (χ0n) is 11.3. The van der Waals surface area contributed by atoms with Crippen molar-refractivity contribution in [1.82, 2.24) is 5.32 Å². The van der Waals surface area contributed by atoms with Crippen LogP contribution in [0.5, 0.6) is 0 Å². The van der Waals surface area contributed by atoms with Crippen molar-refractivity contribution >= 4 is 17.8 Å². The number of nitrogens with one attached hydrogen (secondary N) is 1. The van der Waals surface area contributed by atoms with Crippen LogP contribution in [-0.4, -0.2) is 38.1 Å². The van der Waals surface area contributed by atoms with E-state index in [1.165, 1.54) is 14.2 Å².